The number of anilines is 4. The third kappa shape index (κ3) is 24.2. The van der Waals surface area contributed by atoms with Crippen molar-refractivity contribution in [3.05, 3.63) is 259 Å². The number of rotatable bonds is 32. The lowest BCUT2D eigenvalue weighted by Crippen LogP contribution is -2.54. The van der Waals surface area contributed by atoms with E-state index in [1.165, 1.54) is 83.8 Å². The first-order chi connectivity index (χ1) is 70.9. The van der Waals surface area contributed by atoms with E-state index in [-0.39, 0.29) is 89.9 Å². The Morgan fingerprint density at radius 2 is 0.604 bits per heavy atom. The summed E-state index contributed by atoms with van der Waals surface area (Å²) in [4.78, 5) is 38.8. The zero-order valence-corrected chi connectivity index (χ0v) is 84.7. The van der Waals surface area contributed by atoms with E-state index in [9.17, 15) is 63.3 Å². The van der Waals surface area contributed by atoms with Gasteiger partial charge in [-0.25, -0.2) is 57.1 Å². The van der Waals surface area contributed by atoms with Gasteiger partial charge in [-0.15, -0.1) is 0 Å². The summed E-state index contributed by atoms with van der Waals surface area (Å²) in [5, 5.41) is 34.2. The lowest BCUT2D eigenvalue weighted by Gasteiger charge is -2.42. The van der Waals surface area contributed by atoms with Crippen molar-refractivity contribution in [1.29, 1.82) is 0 Å². The lowest BCUT2D eigenvalue weighted by molar-refractivity contribution is -0.156. The lowest BCUT2D eigenvalue weighted by atomic mass is 9.87. The number of carboxylic acids is 1. The van der Waals surface area contributed by atoms with Crippen LogP contribution in [0.4, 0.5) is 106 Å². The smallest absolute Gasteiger partial charge is 0.401 e. The van der Waals surface area contributed by atoms with Crippen LogP contribution in [-0.4, -0.2) is 253 Å². The van der Waals surface area contributed by atoms with Crippen LogP contribution in [0.1, 0.15) is 205 Å². The van der Waals surface area contributed by atoms with Crippen LogP contribution >= 0.6 is 0 Å². The molecule has 0 unspecified atom stereocenters. The fraction of sp³-hybridized carbons (Fsp3) is 0.486. The molecule has 8 aliphatic heterocycles. The molecule has 12 aromatic rings. The summed E-state index contributed by atoms with van der Waals surface area (Å²) in [5.74, 6) is -13.2. The molecule has 8 aromatic carbocycles. The number of likely N-dealkylation sites (tertiary alicyclic amines) is 4. The second kappa shape index (κ2) is 45.4. The first-order valence-corrected chi connectivity index (χ1v) is 51.7. The Hall–Kier alpha value is -11.1. The zero-order chi connectivity index (χ0) is 106. The number of nitrogens with one attached hydrogen (secondary N) is 8. The quantitative estimate of drug-likeness (QED) is 0.0179. The van der Waals surface area contributed by atoms with Crippen molar-refractivity contribution in [2.24, 2.45) is 5.92 Å². The van der Waals surface area contributed by atoms with Crippen LogP contribution in [0.3, 0.4) is 0 Å². The van der Waals surface area contributed by atoms with Gasteiger partial charge in [0.2, 0.25) is 0 Å². The summed E-state index contributed by atoms with van der Waals surface area (Å²) in [6.45, 7) is 22.6. The van der Waals surface area contributed by atoms with Crippen LogP contribution in [0.15, 0.2) is 127 Å². The van der Waals surface area contributed by atoms with Crippen molar-refractivity contribution in [3.63, 3.8) is 0 Å². The van der Waals surface area contributed by atoms with Crippen LogP contribution in [-0.2, 0) is 30.5 Å². The van der Waals surface area contributed by atoms with Crippen LogP contribution in [0.25, 0.3) is 43.6 Å². The Kier molecular flexibility index (Phi) is 33.3. The van der Waals surface area contributed by atoms with Gasteiger partial charge < -0.3 is 51.4 Å². The number of aliphatic hydroxyl groups excluding tert-OH is 1. The fourth-order valence-electron chi connectivity index (χ4n) is 23.0. The van der Waals surface area contributed by atoms with Crippen molar-refractivity contribution in [2.45, 2.75) is 230 Å². The van der Waals surface area contributed by atoms with Crippen LogP contribution in [0, 0.1) is 69.9 Å². The number of hydrogen-bond donors (Lipinski definition) is 10. The van der Waals surface area contributed by atoms with E-state index in [2.05, 4.69) is 88.5 Å². The summed E-state index contributed by atoms with van der Waals surface area (Å²) >= 11 is 0. The van der Waals surface area contributed by atoms with E-state index < -0.39 is 174 Å². The van der Waals surface area contributed by atoms with Gasteiger partial charge in [-0.3, -0.25) is 44.0 Å². The molecule has 0 radical (unpaired) electrons. The molecular formula is C111H129F19N16O3. The number of aliphatic hydroxyl groups is 1. The number of aromatic amines is 4. The van der Waals surface area contributed by atoms with E-state index in [0.717, 1.165) is 186 Å². The van der Waals surface area contributed by atoms with Crippen LogP contribution < -0.4 is 21.3 Å². The molecule has 9 atom stereocenters. The van der Waals surface area contributed by atoms with Crippen molar-refractivity contribution in [1.82, 2.24) is 59.1 Å². The minimum atomic E-state index is -4.58. The highest BCUT2D eigenvalue weighted by molar-refractivity contribution is 5.89. The largest absolute Gasteiger partial charge is 0.481 e. The summed E-state index contributed by atoms with van der Waals surface area (Å²) in [7, 11) is 0. The van der Waals surface area contributed by atoms with Crippen molar-refractivity contribution in [3.8, 4) is 0 Å². The number of carboxylic acid groups (broad SMARTS) is 1. The number of alkyl halides is 8. The fourth-order valence-corrected chi connectivity index (χ4v) is 23.0. The normalized spacial score (nSPS) is 21.3. The molecule has 0 amide bonds. The maximum absolute atomic E-state index is 15.8. The van der Waals surface area contributed by atoms with E-state index >= 15 is 35.1 Å². The Bertz CT molecular complexity index is 6450. The highest BCUT2D eigenvalue weighted by Crippen LogP contribution is 2.51. The van der Waals surface area contributed by atoms with Gasteiger partial charge in [0.1, 0.15) is 70.6 Å². The van der Waals surface area contributed by atoms with Gasteiger partial charge in [0.15, 0.2) is 0 Å². The molecule has 0 aliphatic carbocycles. The number of fused-ring (bicyclic) bond motifs is 12. The first-order valence-electron chi connectivity index (χ1n) is 51.7. The van der Waals surface area contributed by atoms with Gasteiger partial charge in [0.05, 0.1) is 73.9 Å². The molecule has 4 aromatic heterocycles. The third-order valence-corrected chi connectivity index (χ3v) is 30.5. The molecule has 10 N–H and O–H groups in total. The predicted molar refractivity (Wildman–Crippen MR) is 541 cm³/mol. The number of benzene rings is 8. The van der Waals surface area contributed by atoms with E-state index in [1.807, 2.05) is 36.1 Å². The molecule has 38 heteroatoms. The molecule has 0 spiro atoms. The topological polar surface area (TPSA) is 195 Å². The number of hydrogen-bond acceptors (Lipinski definition) is 14. The molecule has 804 valence electrons. The Balaban J connectivity index is 0.000000135. The molecule has 8 aliphatic rings. The minimum absolute atomic E-state index is 0.0410. The molecule has 12 heterocycles. The number of para-hydroxylation sites is 1. The second-order valence-corrected chi connectivity index (χ2v) is 41.9. The molecule has 0 saturated carbocycles. The van der Waals surface area contributed by atoms with Gasteiger partial charge in [-0.05, 0) is 237 Å². The van der Waals surface area contributed by atoms with Crippen LogP contribution in [0.2, 0.25) is 0 Å². The van der Waals surface area contributed by atoms with Crippen molar-refractivity contribution < 1.29 is 98.4 Å². The second-order valence-electron chi connectivity index (χ2n) is 41.9. The average molecular weight is 2100 g/mol. The number of unbranched alkanes of at least 4 members (excludes halogenated alkanes) is 4. The van der Waals surface area contributed by atoms with Gasteiger partial charge >= 0.3 is 18.3 Å². The number of halogens is 19. The maximum Gasteiger partial charge on any atom is 0.401 e. The molecule has 20 rings (SSSR count). The molecule has 0 bridgehead atoms. The molecule has 4 fully saturated rings. The molecule has 19 nitrogen and oxygen atoms in total. The number of nitrogens with zero attached hydrogens (tertiary/aromatic N) is 8. The third-order valence-electron chi connectivity index (χ3n) is 30.5. The summed E-state index contributed by atoms with van der Waals surface area (Å²) in [5.41, 5.74) is 6.85. The van der Waals surface area contributed by atoms with Gasteiger partial charge in [-0.1, -0.05) is 78.5 Å². The van der Waals surface area contributed by atoms with E-state index in [1.54, 1.807) is 27.7 Å². The zero-order valence-electron chi connectivity index (χ0n) is 84.7. The number of carbonyl (C=O) groups is 1. The number of aliphatic carboxylic acids is 1. The summed E-state index contributed by atoms with van der Waals surface area (Å²) in [6, 6.07) is 23.5. The number of aromatic nitrogens is 4. The maximum atomic E-state index is 15.8. The van der Waals surface area contributed by atoms with Crippen molar-refractivity contribution in [2.75, 3.05) is 133 Å². The summed E-state index contributed by atoms with van der Waals surface area (Å²) < 4.78 is 278. The Morgan fingerprint density at radius 3 is 0.866 bits per heavy atom. The Morgan fingerprint density at radius 1 is 0.356 bits per heavy atom. The SMILES string of the molecule is CCCCN1CC(Nc2cc(F)c([C@@H]3c4[nH]c5ccc(F)cc5c4C[C@@H](C)N3CC(F)(F)F)c(F)c2)C1.CCCCN1CC(Nc2cc(F)c([C@@H]3c4[nH]c5ccccc5c4C[C@@H](C)N3C[C@H](C)C(=O)O)c(F)c2)C1.CCCCN1CC(Nc2cc(F)c([C@H]3c4[nH]c5ccc(F)cc5c4C[C@H](C)N3CC(F)(F)CO)c(F)c2)C1.CCCCN1CC(Nc2cc(F)c([C@H]3c4[nH]c5ccc(F)cc5c4C[C@H](C)N3CC(F)(F)F)c(F)c2)C1. The van der Waals surface area contributed by atoms with E-state index in [0.29, 0.717) is 72.9 Å². The minimum Gasteiger partial charge on any atom is -0.481 e. The van der Waals surface area contributed by atoms with Crippen molar-refractivity contribution >= 4 is 72.3 Å². The number of H-pyrrole nitrogens is 4. The average Bonchev–Trinajstić information content (AvgIpc) is 1.59. The van der Waals surface area contributed by atoms with Gasteiger partial charge in [-0.2, -0.15) is 26.3 Å². The van der Waals surface area contributed by atoms with E-state index in [4.69, 9.17) is 0 Å². The standard InChI is InChI=1S/C29H36F2N4O2.C28H33F5N4O.2C27H30F6N4/c1-4-5-10-34-15-20(16-34)32-19-12-23(30)26(24(31)13-19)28-27-22(21-8-6-7-9-25(21)33-27)11-18(3)35(28)14-17(2)29(36)37;1-3-4-7-36-12-19(13-36)34-18-10-22(30)25(23(31)11-18)27-26-21(20-9-17(29)5-6-24(20)35-26)8-16(2)37(27)14-28(32,33)15-38;2*1-3-4-7-36-12-18(13-36)34-17-10-21(29)24(22(30)11-17)26-25-20(8-15(2)37(26)14-27(31,32)33)19-9-16(28)5-6-23(19)35-25/h6-9,12-13,17-18,20,28,32-33H,4-5,10-11,14-16H2,1-3H3,(H,36,37);5-6,9-11,16,19,27,34-35,38H,3-4,7-8,12-15H2,1-2H3;2*5-6,9-11,15,18,26,34-35H,3-4,7-8,12-14H2,1-2H3/t17-,18+,28+;16-,27-;2*15-,26-/m0010/s1. The molecular weight excluding hydrogens is 1970 g/mol. The molecule has 149 heavy (non-hydrogen) atoms. The van der Waals surface area contributed by atoms with Gasteiger partial charge in [0, 0.05) is 194 Å². The highest BCUT2D eigenvalue weighted by Gasteiger charge is 2.50. The highest BCUT2D eigenvalue weighted by atomic mass is 19.4. The first kappa shape index (κ1) is 109. The van der Waals surface area contributed by atoms with Crippen LogP contribution in [0.5, 0.6) is 0 Å². The Labute approximate surface area is 853 Å². The summed E-state index contributed by atoms with van der Waals surface area (Å²) in [6.07, 6.45) is 0.988. The predicted octanol–water partition coefficient (Wildman–Crippen LogP) is 23.6. The van der Waals surface area contributed by atoms with Gasteiger partial charge in [0.25, 0.3) is 5.92 Å². The molecule has 4 saturated heterocycles. The monoisotopic (exact) mass is 2100 g/mol.